The van der Waals surface area contributed by atoms with Crippen LogP contribution in [0.4, 0.5) is 0 Å². The highest BCUT2D eigenvalue weighted by molar-refractivity contribution is 6.00. The smallest absolute Gasteiger partial charge is 0.166 e. The van der Waals surface area contributed by atoms with Crippen LogP contribution < -0.4 is 0 Å². The molecule has 1 atom stereocenters. The van der Waals surface area contributed by atoms with Gasteiger partial charge >= 0.3 is 0 Å². The van der Waals surface area contributed by atoms with Gasteiger partial charge in [0.25, 0.3) is 0 Å². The molecule has 0 aliphatic heterocycles. The highest BCUT2D eigenvalue weighted by atomic mass is 16.1. The summed E-state index contributed by atoms with van der Waals surface area (Å²) >= 11 is 0. The van der Waals surface area contributed by atoms with E-state index in [0.29, 0.717) is 5.78 Å². The van der Waals surface area contributed by atoms with Crippen LogP contribution in [0.1, 0.15) is 28.0 Å². The minimum atomic E-state index is 0.142. The number of rotatable bonds is 2. The van der Waals surface area contributed by atoms with Crippen LogP contribution >= 0.6 is 0 Å². The quantitative estimate of drug-likeness (QED) is 0.837. The van der Waals surface area contributed by atoms with Gasteiger partial charge in [0.1, 0.15) is 0 Å². The number of H-pyrrole nitrogens is 1. The number of carbonyl (C=O) groups is 1. The van der Waals surface area contributed by atoms with Gasteiger partial charge in [0.2, 0.25) is 0 Å². The van der Waals surface area contributed by atoms with Gasteiger partial charge in [0, 0.05) is 23.4 Å². The number of carbonyl (C=O) groups excluding carboxylic acids is 1. The van der Waals surface area contributed by atoms with Crippen molar-refractivity contribution in [3.63, 3.8) is 0 Å². The molecular formula is C15H15NO. The number of aromatic amines is 1. The van der Waals surface area contributed by atoms with Crippen LogP contribution in [0.15, 0.2) is 42.6 Å². The van der Waals surface area contributed by atoms with Gasteiger partial charge in [-0.3, -0.25) is 4.79 Å². The maximum Gasteiger partial charge on any atom is 0.166 e. The van der Waals surface area contributed by atoms with Crippen molar-refractivity contribution in [1.82, 2.24) is 4.98 Å². The molecule has 0 fully saturated rings. The molecule has 1 aliphatic carbocycles. The summed E-state index contributed by atoms with van der Waals surface area (Å²) in [6.07, 6.45) is 4.74. The van der Waals surface area contributed by atoms with Gasteiger partial charge < -0.3 is 4.98 Å². The number of ketones is 1. The number of benzene rings is 1. The van der Waals surface area contributed by atoms with E-state index in [4.69, 9.17) is 0 Å². The van der Waals surface area contributed by atoms with Crippen LogP contribution in [0.25, 0.3) is 0 Å². The maximum atomic E-state index is 12.3. The van der Waals surface area contributed by atoms with E-state index in [2.05, 4.69) is 11.1 Å². The SMILES string of the molecule is O=C1c2ccccc2CCC1Cc1ccc[nH]1. The Morgan fingerprint density at radius 1 is 1.18 bits per heavy atom. The normalized spacial score (nSPS) is 19.1. The van der Waals surface area contributed by atoms with Gasteiger partial charge in [-0.1, -0.05) is 24.3 Å². The van der Waals surface area contributed by atoms with E-state index >= 15 is 0 Å². The number of aromatic nitrogens is 1. The molecule has 0 amide bonds. The minimum absolute atomic E-state index is 0.142. The van der Waals surface area contributed by atoms with E-state index in [1.165, 1.54) is 5.56 Å². The summed E-state index contributed by atoms with van der Waals surface area (Å²) in [6.45, 7) is 0. The largest absolute Gasteiger partial charge is 0.365 e. The molecule has 2 aromatic rings. The fourth-order valence-electron chi connectivity index (χ4n) is 2.61. The Morgan fingerprint density at radius 2 is 2.06 bits per heavy atom. The number of aryl methyl sites for hydroxylation is 1. The summed E-state index contributed by atoms with van der Waals surface area (Å²) in [5.41, 5.74) is 3.29. The lowest BCUT2D eigenvalue weighted by atomic mass is 9.80. The molecule has 1 aromatic heterocycles. The van der Waals surface area contributed by atoms with Gasteiger partial charge in [-0.2, -0.15) is 0 Å². The standard InChI is InChI=1S/C15H15NO/c17-15-12(10-13-5-3-9-16-13)8-7-11-4-1-2-6-14(11)15/h1-6,9,12,16H,7-8,10H2. The fraction of sp³-hybridized carbons (Fsp3) is 0.267. The van der Waals surface area contributed by atoms with Crippen molar-refractivity contribution >= 4 is 5.78 Å². The number of hydrogen-bond donors (Lipinski definition) is 1. The van der Waals surface area contributed by atoms with Gasteiger partial charge in [0.05, 0.1) is 0 Å². The molecule has 1 aromatic carbocycles. The van der Waals surface area contributed by atoms with Gasteiger partial charge in [-0.05, 0) is 37.0 Å². The Kier molecular flexibility index (Phi) is 2.56. The summed E-state index contributed by atoms with van der Waals surface area (Å²) in [5, 5.41) is 0. The first-order valence-corrected chi connectivity index (χ1v) is 6.09. The van der Waals surface area contributed by atoms with Crippen molar-refractivity contribution in [3.05, 3.63) is 59.4 Å². The zero-order valence-corrected chi connectivity index (χ0v) is 9.65. The molecule has 1 unspecified atom stereocenters. The number of Topliss-reactive ketones (excluding diaryl/α,β-unsaturated/α-hetero) is 1. The number of hydrogen-bond acceptors (Lipinski definition) is 1. The van der Waals surface area contributed by atoms with Crippen LogP contribution in [0.3, 0.4) is 0 Å². The molecule has 1 heterocycles. The lowest BCUT2D eigenvalue weighted by Crippen LogP contribution is -2.24. The molecule has 0 spiro atoms. The topological polar surface area (TPSA) is 32.9 Å². The molecule has 2 nitrogen and oxygen atoms in total. The first-order chi connectivity index (χ1) is 8.34. The van der Waals surface area contributed by atoms with Crippen molar-refractivity contribution in [2.24, 2.45) is 5.92 Å². The molecule has 2 heteroatoms. The zero-order chi connectivity index (χ0) is 11.7. The fourth-order valence-corrected chi connectivity index (χ4v) is 2.61. The van der Waals surface area contributed by atoms with E-state index in [9.17, 15) is 4.79 Å². The van der Waals surface area contributed by atoms with Crippen molar-refractivity contribution in [3.8, 4) is 0 Å². The second kappa shape index (κ2) is 4.21. The third kappa shape index (κ3) is 1.91. The zero-order valence-electron chi connectivity index (χ0n) is 9.65. The van der Waals surface area contributed by atoms with Crippen LogP contribution in [0.5, 0.6) is 0 Å². The van der Waals surface area contributed by atoms with Crippen molar-refractivity contribution in [2.45, 2.75) is 19.3 Å². The molecule has 86 valence electrons. The molecule has 0 radical (unpaired) electrons. The monoisotopic (exact) mass is 225 g/mol. The highest BCUT2D eigenvalue weighted by Gasteiger charge is 2.27. The second-order valence-electron chi connectivity index (χ2n) is 4.66. The summed E-state index contributed by atoms with van der Waals surface area (Å²) < 4.78 is 0. The predicted molar refractivity (Wildman–Crippen MR) is 67.1 cm³/mol. The Hall–Kier alpha value is -1.83. The van der Waals surface area contributed by atoms with Gasteiger partial charge in [0.15, 0.2) is 5.78 Å². The minimum Gasteiger partial charge on any atom is -0.365 e. The molecule has 0 saturated carbocycles. The van der Waals surface area contributed by atoms with E-state index in [-0.39, 0.29) is 5.92 Å². The number of fused-ring (bicyclic) bond motifs is 1. The predicted octanol–water partition coefficient (Wildman–Crippen LogP) is 3.00. The summed E-state index contributed by atoms with van der Waals surface area (Å²) in [4.78, 5) is 15.5. The van der Waals surface area contributed by atoms with Crippen LogP contribution in [0, 0.1) is 5.92 Å². The third-order valence-electron chi connectivity index (χ3n) is 3.54. The van der Waals surface area contributed by atoms with E-state index < -0.39 is 0 Å². The first kappa shape index (κ1) is 10.3. The van der Waals surface area contributed by atoms with Gasteiger partial charge in [-0.25, -0.2) is 0 Å². The highest BCUT2D eigenvalue weighted by Crippen LogP contribution is 2.27. The molecule has 0 saturated heterocycles. The molecular weight excluding hydrogens is 210 g/mol. The van der Waals surface area contributed by atoms with Crippen LogP contribution in [0.2, 0.25) is 0 Å². The van der Waals surface area contributed by atoms with Crippen molar-refractivity contribution in [2.75, 3.05) is 0 Å². The lowest BCUT2D eigenvalue weighted by molar-refractivity contribution is 0.0900. The lowest BCUT2D eigenvalue weighted by Gasteiger charge is -2.22. The van der Waals surface area contributed by atoms with Crippen LogP contribution in [-0.2, 0) is 12.8 Å². The van der Waals surface area contributed by atoms with Crippen molar-refractivity contribution < 1.29 is 4.79 Å². The molecule has 1 aliphatic rings. The third-order valence-corrected chi connectivity index (χ3v) is 3.54. The maximum absolute atomic E-state index is 12.3. The molecule has 3 rings (SSSR count). The average Bonchev–Trinajstić information content (AvgIpc) is 2.86. The van der Waals surface area contributed by atoms with E-state index in [1.807, 2.05) is 36.5 Å². The van der Waals surface area contributed by atoms with E-state index in [0.717, 1.165) is 30.5 Å². The summed E-state index contributed by atoms with van der Waals surface area (Å²) in [5.74, 6) is 0.449. The molecule has 0 bridgehead atoms. The van der Waals surface area contributed by atoms with E-state index in [1.54, 1.807) is 0 Å². The average molecular weight is 225 g/mol. The first-order valence-electron chi connectivity index (χ1n) is 6.09. The summed E-state index contributed by atoms with van der Waals surface area (Å²) in [6, 6.07) is 12.0. The van der Waals surface area contributed by atoms with Gasteiger partial charge in [-0.15, -0.1) is 0 Å². The Morgan fingerprint density at radius 3 is 2.88 bits per heavy atom. The second-order valence-corrected chi connectivity index (χ2v) is 4.66. The van der Waals surface area contributed by atoms with Crippen molar-refractivity contribution in [1.29, 1.82) is 0 Å². The van der Waals surface area contributed by atoms with Crippen LogP contribution in [-0.4, -0.2) is 10.8 Å². The Bertz CT molecular complexity index is 528. The summed E-state index contributed by atoms with van der Waals surface area (Å²) in [7, 11) is 0. The Balaban J connectivity index is 1.84. The number of nitrogens with one attached hydrogen (secondary N) is 1. The molecule has 17 heavy (non-hydrogen) atoms. The Labute approximate surface area is 101 Å². The molecule has 1 N–H and O–H groups in total.